The molecule has 0 aromatic heterocycles. The lowest BCUT2D eigenvalue weighted by atomic mass is 10.1. The van der Waals surface area contributed by atoms with Crippen LogP contribution in [0.4, 0.5) is 5.69 Å². The number of para-hydroxylation sites is 1. The van der Waals surface area contributed by atoms with Crippen LogP contribution in [0, 0.1) is 0 Å². The number of unbranched alkanes of at least 4 members (excludes halogenated alkanes) is 2. The van der Waals surface area contributed by atoms with Crippen molar-refractivity contribution in [2.45, 2.75) is 19.3 Å². The Kier molecular flexibility index (Phi) is 7.71. The lowest BCUT2D eigenvalue weighted by molar-refractivity contribution is 0.388. The zero-order valence-electron chi connectivity index (χ0n) is 17.4. The van der Waals surface area contributed by atoms with Gasteiger partial charge in [-0.25, -0.2) is 8.42 Å². The molecule has 6 heteroatoms. The molecule has 0 atom stereocenters. The third-order valence-corrected chi connectivity index (χ3v) is 6.53. The fourth-order valence-electron chi connectivity index (χ4n) is 3.55. The van der Waals surface area contributed by atoms with E-state index in [1.807, 2.05) is 24.3 Å². The third kappa shape index (κ3) is 6.47. The van der Waals surface area contributed by atoms with Gasteiger partial charge in [-0.15, -0.1) is 0 Å². The van der Waals surface area contributed by atoms with E-state index in [1.54, 1.807) is 16.4 Å². The van der Waals surface area contributed by atoms with Crippen molar-refractivity contribution in [1.29, 1.82) is 0 Å². The van der Waals surface area contributed by atoms with E-state index in [-0.39, 0.29) is 5.75 Å². The molecule has 1 aliphatic heterocycles. The van der Waals surface area contributed by atoms with E-state index < -0.39 is 10.0 Å². The average Bonchev–Trinajstić information content (AvgIpc) is 2.74. The molecule has 1 N–H and O–H groups in total. The van der Waals surface area contributed by atoms with E-state index in [0.717, 1.165) is 30.5 Å². The van der Waals surface area contributed by atoms with Crippen LogP contribution in [-0.2, 0) is 10.0 Å². The number of anilines is 1. The van der Waals surface area contributed by atoms with Gasteiger partial charge in [-0.05, 0) is 48.6 Å². The van der Waals surface area contributed by atoms with Crippen LogP contribution in [0.2, 0.25) is 0 Å². The lowest BCUT2D eigenvalue weighted by Gasteiger charge is -2.35. The normalized spacial score (nSPS) is 16.0. The van der Waals surface area contributed by atoms with Crippen LogP contribution < -0.4 is 4.90 Å². The molecule has 2 aromatic rings. The number of piperazine rings is 1. The Hall–Kier alpha value is -2.57. The van der Waals surface area contributed by atoms with Crippen LogP contribution >= 0.6 is 0 Å². The predicted molar refractivity (Wildman–Crippen MR) is 125 cm³/mol. The molecule has 0 saturated carbocycles. The quantitative estimate of drug-likeness (QED) is 0.637. The summed E-state index contributed by atoms with van der Waals surface area (Å²) in [7, 11) is -3.11. The Morgan fingerprint density at radius 2 is 1.53 bits per heavy atom. The van der Waals surface area contributed by atoms with Crippen LogP contribution in [-0.4, -0.2) is 50.3 Å². The number of sulfonamides is 1. The highest BCUT2D eigenvalue weighted by Gasteiger charge is 2.24. The van der Waals surface area contributed by atoms with Gasteiger partial charge in [0.2, 0.25) is 10.0 Å². The first kappa shape index (κ1) is 22.1. The number of benzene rings is 2. The highest BCUT2D eigenvalue weighted by Crippen LogP contribution is 2.24. The summed E-state index contributed by atoms with van der Waals surface area (Å²) in [6, 6.07) is 15.5. The standard InChI is InChI=1S/C24H30N2O3S/c1-30(28,29)26-19-17-25(18-20-26)24-12-8-7-11-22(24)10-6-4-2-3-5-9-21-13-15-23(27)16-14-21/h5-16,27H,2-4,17-20H2,1H3/b9-5+,10-6+. The summed E-state index contributed by atoms with van der Waals surface area (Å²) in [6.45, 7) is 2.48. The molecule has 30 heavy (non-hydrogen) atoms. The summed E-state index contributed by atoms with van der Waals surface area (Å²) in [6.07, 6.45) is 13.0. The average molecular weight is 427 g/mol. The molecule has 5 nitrogen and oxygen atoms in total. The van der Waals surface area contributed by atoms with Crippen molar-refractivity contribution >= 4 is 27.9 Å². The van der Waals surface area contributed by atoms with E-state index >= 15 is 0 Å². The van der Waals surface area contributed by atoms with Gasteiger partial charge in [0.25, 0.3) is 0 Å². The number of hydrogen-bond acceptors (Lipinski definition) is 4. The molecule has 1 aliphatic rings. The van der Waals surface area contributed by atoms with Gasteiger partial charge in [0.15, 0.2) is 0 Å². The molecular weight excluding hydrogens is 396 g/mol. The zero-order chi connectivity index (χ0) is 21.4. The first-order valence-corrected chi connectivity index (χ1v) is 12.2. The van der Waals surface area contributed by atoms with E-state index in [1.165, 1.54) is 11.8 Å². The Bertz CT molecular complexity index is 974. The second-order valence-electron chi connectivity index (χ2n) is 7.54. The molecule has 1 saturated heterocycles. The molecule has 0 amide bonds. The lowest BCUT2D eigenvalue weighted by Crippen LogP contribution is -2.48. The molecule has 1 heterocycles. The van der Waals surface area contributed by atoms with Crippen molar-refractivity contribution < 1.29 is 13.5 Å². The minimum atomic E-state index is -3.11. The highest BCUT2D eigenvalue weighted by atomic mass is 32.2. The van der Waals surface area contributed by atoms with E-state index in [9.17, 15) is 13.5 Å². The van der Waals surface area contributed by atoms with Crippen molar-refractivity contribution in [3.63, 3.8) is 0 Å². The Labute approximate surface area is 180 Å². The minimum absolute atomic E-state index is 0.287. The molecule has 0 bridgehead atoms. The molecule has 1 fully saturated rings. The summed E-state index contributed by atoms with van der Waals surface area (Å²) in [5.74, 6) is 0.287. The van der Waals surface area contributed by atoms with Crippen molar-refractivity contribution in [2.75, 3.05) is 37.3 Å². The van der Waals surface area contributed by atoms with Gasteiger partial charge < -0.3 is 10.0 Å². The van der Waals surface area contributed by atoms with Crippen LogP contribution in [0.3, 0.4) is 0 Å². The van der Waals surface area contributed by atoms with Gasteiger partial charge >= 0.3 is 0 Å². The Balaban J connectivity index is 1.49. The SMILES string of the molecule is CS(=O)(=O)N1CCN(c2ccccc2/C=C/CCC/C=C/c2ccc(O)cc2)CC1. The van der Waals surface area contributed by atoms with Crippen LogP contribution in [0.1, 0.15) is 30.4 Å². The Morgan fingerprint density at radius 3 is 2.20 bits per heavy atom. The number of phenols is 1. The predicted octanol–water partition coefficient (Wildman–Crippen LogP) is 4.37. The third-order valence-electron chi connectivity index (χ3n) is 5.23. The number of nitrogens with zero attached hydrogens (tertiary/aromatic N) is 2. The van der Waals surface area contributed by atoms with Gasteiger partial charge in [-0.1, -0.05) is 54.6 Å². The Morgan fingerprint density at radius 1 is 0.900 bits per heavy atom. The van der Waals surface area contributed by atoms with Crippen LogP contribution in [0.25, 0.3) is 12.2 Å². The van der Waals surface area contributed by atoms with Crippen molar-refractivity contribution in [3.05, 3.63) is 71.8 Å². The summed E-state index contributed by atoms with van der Waals surface area (Å²) in [5, 5.41) is 9.30. The molecule has 2 aromatic carbocycles. The maximum atomic E-state index is 11.7. The van der Waals surface area contributed by atoms with Crippen molar-refractivity contribution in [2.24, 2.45) is 0 Å². The molecular formula is C24H30N2O3S. The second kappa shape index (κ2) is 10.5. The van der Waals surface area contributed by atoms with Crippen molar-refractivity contribution in [1.82, 2.24) is 4.31 Å². The highest BCUT2D eigenvalue weighted by molar-refractivity contribution is 7.88. The fourth-order valence-corrected chi connectivity index (χ4v) is 4.37. The monoisotopic (exact) mass is 426 g/mol. The maximum Gasteiger partial charge on any atom is 0.211 e. The van der Waals surface area contributed by atoms with Crippen molar-refractivity contribution in [3.8, 4) is 5.75 Å². The van der Waals surface area contributed by atoms with Gasteiger partial charge in [0.1, 0.15) is 5.75 Å². The fraction of sp³-hybridized carbons (Fsp3) is 0.333. The van der Waals surface area contributed by atoms with E-state index in [2.05, 4.69) is 41.3 Å². The van der Waals surface area contributed by atoms with Gasteiger partial charge in [0, 0.05) is 31.9 Å². The maximum absolute atomic E-state index is 11.7. The molecule has 3 rings (SSSR count). The number of phenolic OH excluding ortho intramolecular Hbond substituents is 1. The number of aromatic hydroxyl groups is 1. The van der Waals surface area contributed by atoms with Crippen LogP contribution in [0.5, 0.6) is 5.75 Å². The summed E-state index contributed by atoms with van der Waals surface area (Å²) < 4.78 is 25.0. The largest absolute Gasteiger partial charge is 0.508 e. The zero-order valence-corrected chi connectivity index (χ0v) is 18.3. The summed E-state index contributed by atoms with van der Waals surface area (Å²) in [5.41, 5.74) is 3.42. The smallest absolute Gasteiger partial charge is 0.211 e. The van der Waals surface area contributed by atoms with Crippen LogP contribution in [0.15, 0.2) is 60.7 Å². The summed E-state index contributed by atoms with van der Waals surface area (Å²) in [4.78, 5) is 2.27. The summed E-state index contributed by atoms with van der Waals surface area (Å²) >= 11 is 0. The van der Waals surface area contributed by atoms with E-state index in [0.29, 0.717) is 26.2 Å². The topological polar surface area (TPSA) is 60.9 Å². The van der Waals surface area contributed by atoms with Gasteiger partial charge in [-0.3, -0.25) is 0 Å². The molecule has 0 unspecified atom stereocenters. The molecule has 0 aliphatic carbocycles. The molecule has 160 valence electrons. The second-order valence-corrected chi connectivity index (χ2v) is 9.52. The number of rotatable bonds is 8. The van der Waals surface area contributed by atoms with E-state index in [4.69, 9.17) is 0 Å². The first-order chi connectivity index (χ1) is 14.4. The number of allylic oxidation sites excluding steroid dienone is 2. The minimum Gasteiger partial charge on any atom is -0.508 e. The first-order valence-electron chi connectivity index (χ1n) is 10.3. The number of hydrogen-bond donors (Lipinski definition) is 1. The van der Waals surface area contributed by atoms with Gasteiger partial charge in [0.05, 0.1) is 6.26 Å². The molecule has 0 spiro atoms. The molecule has 0 radical (unpaired) electrons. The van der Waals surface area contributed by atoms with Gasteiger partial charge in [-0.2, -0.15) is 4.31 Å².